The fourth-order valence-corrected chi connectivity index (χ4v) is 3.23. The van der Waals surface area contributed by atoms with Gasteiger partial charge in [0.05, 0.1) is 12.7 Å². The molecule has 0 saturated carbocycles. The Morgan fingerprint density at radius 1 is 1.38 bits per heavy atom. The summed E-state index contributed by atoms with van der Waals surface area (Å²) in [4.78, 5) is 16.6. The van der Waals surface area contributed by atoms with E-state index >= 15 is 0 Å². The highest BCUT2D eigenvalue weighted by Gasteiger charge is 2.23. The van der Waals surface area contributed by atoms with Crippen LogP contribution in [-0.2, 0) is 13.0 Å². The van der Waals surface area contributed by atoms with Gasteiger partial charge in [-0.05, 0) is 32.9 Å². The third-order valence-electron chi connectivity index (χ3n) is 4.65. The molecule has 0 aromatic carbocycles. The predicted octanol–water partition coefficient (Wildman–Crippen LogP) is 1.35. The highest BCUT2D eigenvalue weighted by molar-refractivity contribution is 5.74. The summed E-state index contributed by atoms with van der Waals surface area (Å²) in [5, 5.41) is 10.1. The minimum Gasteiger partial charge on any atom is -0.336 e. The Morgan fingerprint density at radius 3 is 3.00 bits per heavy atom. The Hall–Kier alpha value is -1.56. The van der Waals surface area contributed by atoms with Gasteiger partial charge in [0.25, 0.3) is 0 Å². The standard InChI is InChI=1S/C15H25N5O/c1-12(19-6-3-2-4-7-19)9-16-15(21)20-8-5-14-13(11-20)10-17-18-14/h10,12H,2-9,11H2,1H3,(H,16,21)(H,17,18)/t12-/m1/s1. The summed E-state index contributed by atoms with van der Waals surface area (Å²) in [6, 6.07) is 0.467. The van der Waals surface area contributed by atoms with Crippen molar-refractivity contribution >= 4 is 6.03 Å². The average molecular weight is 291 g/mol. The number of aromatic amines is 1. The maximum atomic E-state index is 12.3. The lowest BCUT2D eigenvalue weighted by molar-refractivity contribution is 0.161. The van der Waals surface area contributed by atoms with Crippen molar-refractivity contribution in [2.24, 2.45) is 0 Å². The topological polar surface area (TPSA) is 64.3 Å². The molecule has 0 bridgehead atoms. The molecule has 2 aliphatic rings. The zero-order chi connectivity index (χ0) is 14.7. The van der Waals surface area contributed by atoms with Crippen molar-refractivity contribution in [3.8, 4) is 0 Å². The number of H-pyrrole nitrogens is 1. The van der Waals surface area contributed by atoms with Gasteiger partial charge in [-0.1, -0.05) is 6.42 Å². The van der Waals surface area contributed by atoms with E-state index in [1.165, 1.54) is 38.0 Å². The first-order chi connectivity index (χ1) is 10.2. The minimum absolute atomic E-state index is 0.0470. The fourth-order valence-electron chi connectivity index (χ4n) is 3.23. The van der Waals surface area contributed by atoms with E-state index in [2.05, 4.69) is 27.3 Å². The van der Waals surface area contributed by atoms with E-state index in [1.54, 1.807) is 0 Å². The molecule has 1 saturated heterocycles. The summed E-state index contributed by atoms with van der Waals surface area (Å²) in [6.45, 7) is 6.69. The van der Waals surface area contributed by atoms with Crippen molar-refractivity contribution in [3.05, 3.63) is 17.5 Å². The lowest BCUT2D eigenvalue weighted by Crippen LogP contribution is -2.48. The molecule has 1 aromatic rings. The van der Waals surface area contributed by atoms with Crippen molar-refractivity contribution in [2.45, 2.75) is 45.2 Å². The molecule has 3 heterocycles. The second kappa shape index (κ2) is 6.47. The van der Waals surface area contributed by atoms with Crippen LogP contribution in [0.2, 0.25) is 0 Å². The number of hydrogen-bond acceptors (Lipinski definition) is 3. The van der Waals surface area contributed by atoms with Gasteiger partial charge < -0.3 is 10.2 Å². The van der Waals surface area contributed by atoms with Crippen LogP contribution in [0.3, 0.4) is 0 Å². The third kappa shape index (κ3) is 3.37. The molecule has 2 amide bonds. The zero-order valence-electron chi connectivity index (χ0n) is 12.8. The SMILES string of the molecule is C[C@H](CNC(=O)N1CCc2[nH]ncc2C1)N1CCCCC1. The summed E-state index contributed by atoms with van der Waals surface area (Å²) in [5.74, 6) is 0. The van der Waals surface area contributed by atoms with Crippen LogP contribution in [0.1, 0.15) is 37.4 Å². The second-order valence-electron chi connectivity index (χ2n) is 6.18. The molecule has 0 radical (unpaired) electrons. The van der Waals surface area contributed by atoms with Crippen LogP contribution in [0.25, 0.3) is 0 Å². The van der Waals surface area contributed by atoms with Gasteiger partial charge in [-0.25, -0.2) is 4.79 Å². The Kier molecular flexibility index (Phi) is 4.43. The average Bonchev–Trinajstić information content (AvgIpc) is 3.00. The van der Waals surface area contributed by atoms with E-state index < -0.39 is 0 Å². The van der Waals surface area contributed by atoms with Crippen molar-refractivity contribution in [2.75, 3.05) is 26.2 Å². The number of fused-ring (bicyclic) bond motifs is 1. The zero-order valence-corrected chi connectivity index (χ0v) is 12.8. The van der Waals surface area contributed by atoms with Gasteiger partial charge in [0.2, 0.25) is 0 Å². The normalized spacial score (nSPS) is 20.9. The summed E-state index contributed by atoms with van der Waals surface area (Å²) < 4.78 is 0. The van der Waals surface area contributed by atoms with Gasteiger partial charge in [-0.2, -0.15) is 5.10 Å². The predicted molar refractivity (Wildman–Crippen MR) is 81.0 cm³/mol. The Balaban J connectivity index is 1.46. The van der Waals surface area contributed by atoms with E-state index in [-0.39, 0.29) is 6.03 Å². The molecule has 116 valence electrons. The second-order valence-corrected chi connectivity index (χ2v) is 6.18. The third-order valence-corrected chi connectivity index (χ3v) is 4.65. The maximum absolute atomic E-state index is 12.3. The summed E-state index contributed by atoms with van der Waals surface area (Å²) in [5.41, 5.74) is 2.31. The quantitative estimate of drug-likeness (QED) is 0.883. The molecular weight excluding hydrogens is 266 g/mol. The molecule has 2 N–H and O–H groups in total. The molecule has 0 unspecified atom stereocenters. The van der Waals surface area contributed by atoms with Gasteiger partial charge in [0.1, 0.15) is 0 Å². The molecule has 3 rings (SSSR count). The Bertz CT molecular complexity index is 480. The van der Waals surface area contributed by atoms with Gasteiger partial charge in [0, 0.05) is 36.8 Å². The lowest BCUT2D eigenvalue weighted by Gasteiger charge is -2.33. The van der Waals surface area contributed by atoms with Crippen molar-refractivity contribution in [1.82, 2.24) is 25.3 Å². The van der Waals surface area contributed by atoms with Gasteiger partial charge in [-0.15, -0.1) is 0 Å². The lowest BCUT2D eigenvalue weighted by atomic mass is 10.1. The van der Waals surface area contributed by atoms with Crippen molar-refractivity contribution in [3.63, 3.8) is 0 Å². The number of aromatic nitrogens is 2. The number of nitrogens with zero attached hydrogens (tertiary/aromatic N) is 3. The fraction of sp³-hybridized carbons (Fsp3) is 0.733. The number of amides is 2. The van der Waals surface area contributed by atoms with Crippen molar-refractivity contribution < 1.29 is 4.79 Å². The first kappa shape index (κ1) is 14.4. The van der Waals surface area contributed by atoms with E-state index in [9.17, 15) is 4.79 Å². The number of hydrogen-bond donors (Lipinski definition) is 2. The first-order valence-corrected chi connectivity index (χ1v) is 8.02. The first-order valence-electron chi connectivity index (χ1n) is 8.02. The van der Waals surface area contributed by atoms with Gasteiger partial charge >= 0.3 is 6.03 Å². The van der Waals surface area contributed by atoms with Crippen LogP contribution in [0.5, 0.6) is 0 Å². The van der Waals surface area contributed by atoms with Crippen LogP contribution in [-0.4, -0.2) is 58.2 Å². The molecule has 0 aliphatic carbocycles. The highest BCUT2D eigenvalue weighted by atomic mass is 16.2. The number of rotatable bonds is 3. The monoisotopic (exact) mass is 291 g/mol. The number of urea groups is 1. The maximum Gasteiger partial charge on any atom is 0.317 e. The van der Waals surface area contributed by atoms with Crippen LogP contribution < -0.4 is 5.32 Å². The summed E-state index contributed by atoms with van der Waals surface area (Å²) >= 11 is 0. The molecule has 1 aromatic heterocycles. The molecule has 2 aliphatic heterocycles. The molecule has 0 spiro atoms. The number of likely N-dealkylation sites (tertiary alicyclic amines) is 1. The largest absolute Gasteiger partial charge is 0.336 e. The number of carbonyl (C=O) groups excluding carboxylic acids is 1. The molecule has 21 heavy (non-hydrogen) atoms. The van der Waals surface area contributed by atoms with Gasteiger partial charge in [0.15, 0.2) is 0 Å². The van der Waals surface area contributed by atoms with Crippen LogP contribution in [0.4, 0.5) is 4.79 Å². The number of nitrogens with one attached hydrogen (secondary N) is 2. The van der Waals surface area contributed by atoms with E-state index in [4.69, 9.17) is 0 Å². The van der Waals surface area contributed by atoms with Crippen molar-refractivity contribution in [1.29, 1.82) is 0 Å². The molecular formula is C15H25N5O. The van der Waals surface area contributed by atoms with Crippen LogP contribution in [0, 0.1) is 0 Å². The van der Waals surface area contributed by atoms with Gasteiger partial charge in [-0.3, -0.25) is 10.00 Å². The Morgan fingerprint density at radius 2 is 2.19 bits per heavy atom. The smallest absolute Gasteiger partial charge is 0.317 e. The van der Waals surface area contributed by atoms with E-state index in [1.807, 2.05) is 11.1 Å². The molecule has 6 nitrogen and oxygen atoms in total. The number of piperidine rings is 1. The summed E-state index contributed by atoms with van der Waals surface area (Å²) in [7, 11) is 0. The molecule has 6 heteroatoms. The molecule has 1 atom stereocenters. The minimum atomic E-state index is 0.0470. The summed E-state index contributed by atoms with van der Waals surface area (Å²) in [6.07, 6.45) is 6.60. The molecule has 1 fully saturated rings. The number of carbonyl (C=O) groups is 1. The van der Waals surface area contributed by atoms with E-state index in [0.717, 1.165) is 25.1 Å². The van der Waals surface area contributed by atoms with Crippen LogP contribution >= 0.6 is 0 Å². The van der Waals surface area contributed by atoms with E-state index in [0.29, 0.717) is 12.6 Å². The highest BCUT2D eigenvalue weighted by Crippen LogP contribution is 2.16. The van der Waals surface area contributed by atoms with Crippen LogP contribution in [0.15, 0.2) is 6.20 Å². The Labute approximate surface area is 125 Å².